The van der Waals surface area contributed by atoms with Crippen molar-refractivity contribution in [3.05, 3.63) is 59.7 Å². The third-order valence-electron chi connectivity index (χ3n) is 3.27. The van der Waals surface area contributed by atoms with Crippen LogP contribution in [0.25, 0.3) is 0 Å². The SMILES string of the molecule is COc1ccc(CCC(=O)NCc2ccccc2O)cc1. The van der Waals surface area contributed by atoms with Gasteiger partial charge >= 0.3 is 0 Å². The molecule has 0 saturated heterocycles. The lowest BCUT2D eigenvalue weighted by Gasteiger charge is -2.07. The van der Waals surface area contributed by atoms with Gasteiger partial charge in [0.05, 0.1) is 7.11 Å². The van der Waals surface area contributed by atoms with E-state index in [0.717, 1.165) is 16.9 Å². The van der Waals surface area contributed by atoms with Gasteiger partial charge in [-0.05, 0) is 30.2 Å². The van der Waals surface area contributed by atoms with Crippen LogP contribution in [0.3, 0.4) is 0 Å². The Kier molecular flexibility index (Phi) is 5.21. The molecule has 2 aromatic carbocycles. The van der Waals surface area contributed by atoms with Crippen molar-refractivity contribution in [2.45, 2.75) is 19.4 Å². The van der Waals surface area contributed by atoms with E-state index in [-0.39, 0.29) is 11.7 Å². The number of benzene rings is 2. The molecule has 0 spiro atoms. The highest BCUT2D eigenvalue weighted by Crippen LogP contribution is 2.15. The summed E-state index contributed by atoms with van der Waals surface area (Å²) >= 11 is 0. The van der Waals surface area contributed by atoms with Gasteiger partial charge in [0.15, 0.2) is 0 Å². The number of aromatic hydroxyl groups is 1. The van der Waals surface area contributed by atoms with Crippen molar-refractivity contribution in [3.63, 3.8) is 0 Å². The quantitative estimate of drug-likeness (QED) is 0.858. The van der Waals surface area contributed by atoms with Gasteiger partial charge in [-0.3, -0.25) is 4.79 Å². The van der Waals surface area contributed by atoms with E-state index < -0.39 is 0 Å². The third kappa shape index (κ3) is 4.53. The maximum absolute atomic E-state index is 11.8. The summed E-state index contributed by atoms with van der Waals surface area (Å²) in [6.07, 6.45) is 1.09. The van der Waals surface area contributed by atoms with Crippen LogP contribution in [0.1, 0.15) is 17.5 Å². The minimum atomic E-state index is -0.0333. The van der Waals surface area contributed by atoms with Crippen molar-refractivity contribution >= 4 is 5.91 Å². The molecular formula is C17H19NO3. The number of amides is 1. The fourth-order valence-corrected chi connectivity index (χ4v) is 1.99. The number of phenolic OH excluding ortho intramolecular Hbond substituents is 1. The summed E-state index contributed by atoms with van der Waals surface area (Å²) in [6, 6.07) is 14.7. The second-order valence-electron chi connectivity index (χ2n) is 4.75. The number of carbonyl (C=O) groups excluding carboxylic acids is 1. The first-order chi connectivity index (χ1) is 10.2. The number of para-hydroxylation sites is 1. The van der Waals surface area contributed by atoms with E-state index >= 15 is 0 Å². The highest BCUT2D eigenvalue weighted by atomic mass is 16.5. The zero-order valence-corrected chi connectivity index (χ0v) is 12.0. The van der Waals surface area contributed by atoms with Crippen molar-refractivity contribution in [2.75, 3.05) is 7.11 Å². The van der Waals surface area contributed by atoms with Crippen LogP contribution in [-0.2, 0) is 17.8 Å². The second-order valence-corrected chi connectivity index (χ2v) is 4.75. The molecule has 0 heterocycles. The first-order valence-corrected chi connectivity index (χ1v) is 6.85. The predicted molar refractivity (Wildman–Crippen MR) is 81.3 cm³/mol. The monoisotopic (exact) mass is 285 g/mol. The van der Waals surface area contributed by atoms with Gasteiger partial charge in [0.25, 0.3) is 0 Å². The van der Waals surface area contributed by atoms with Crippen molar-refractivity contribution in [1.29, 1.82) is 0 Å². The molecule has 0 aliphatic rings. The van der Waals surface area contributed by atoms with Crippen molar-refractivity contribution in [1.82, 2.24) is 5.32 Å². The third-order valence-corrected chi connectivity index (χ3v) is 3.27. The Bertz CT molecular complexity index is 593. The number of methoxy groups -OCH3 is 1. The summed E-state index contributed by atoms with van der Waals surface area (Å²) in [6.45, 7) is 0.341. The summed E-state index contributed by atoms with van der Waals surface area (Å²) in [5.74, 6) is 0.977. The Morgan fingerprint density at radius 1 is 1.14 bits per heavy atom. The van der Waals surface area contributed by atoms with Crippen LogP contribution in [0.5, 0.6) is 11.5 Å². The Morgan fingerprint density at radius 2 is 1.86 bits per heavy atom. The van der Waals surface area contributed by atoms with Crippen LogP contribution < -0.4 is 10.1 Å². The van der Waals surface area contributed by atoms with E-state index in [0.29, 0.717) is 19.4 Å². The molecule has 21 heavy (non-hydrogen) atoms. The summed E-state index contributed by atoms with van der Waals surface area (Å²) in [7, 11) is 1.63. The van der Waals surface area contributed by atoms with E-state index in [1.165, 1.54) is 0 Å². The molecule has 0 aromatic heterocycles. The van der Waals surface area contributed by atoms with E-state index in [1.54, 1.807) is 25.3 Å². The standard InChI is InChI=1S/C17H19NO3/c1-21-15-9-6-13(7-10-15)8-11-17(20)18-12-14-4-2-3-5-16(14)19/h2-7,9-10,19H,8,11-12H2,1H3,(H,18,20). The molecule has 2 aromatic rings. The van der Waals surface area contributed by atoms with Gasteiger partial charge in [0.1, 0.15) is 11.5 Å². The Balaban J connectivity index is 1.78. The van der Waals surface area contributed by atoms with Crippen LogP contribution in [0, 0.1) is 0 Å². The Morgan fingerprint density at radius 3 is 2.52 bits per heavy atom. The number of carbonyl (C=O) groups is 1. The lowest BCUT2D eigenvalue weighted by Crippen LogP contribution is -2.23. The fraction of sp³-hybridized carbons (Fsp3) is 0.235. The largest absolute Gasteiger partial charge is 0.508 e. The van der Waals surface area contributed by atoms with Gasteiger partial charge in [0, 0.05) is 18.5 Å². The Labute approximate surface area is 124 Å². The number of aryl methyl sites for hydroxylation is 1. The smallest absolute Gasteiger partial charge is 0.220 e. The molecule has 2 rings (SSSR count). The number of nitrogens with one attached hydrogen (secondary N) is 1. The van der Waals surface area contributed by atoms with Crippen LogP contribution in [0.4, 0.5) is 0 Å². The maximum atomic E-state index is 11.8. The molecule has 0 fully saturated rings. The lowest BCUT2D eigenvalue weighted by atomic mass is 10.1. The molecule has 0 aliphatic carbocycles. The normalized spacial score (nSPS) is 10.1. The molecule has 2 N–H and O–H groups in total. The lowest BCUT2D eigenvalue weighted by molar-refractivity contribution is -0.121. The average Bonchev–Trinajstić information content (AvgIpc) is 2.52. The van der Waals surface area contributed by atoms with Gasteiger partial charge in [-0.2, -0.15) is 0 Å². The van der Waals surface area contributed by atoms with Crippen LogP contribution in [0.2, 0.25) is 0 Å². The minimum Gasteiger partial charge on any atom is -0.508 e. The van der Waals surface area contributed by atoms with Gasteiger partial charge in [-0.15, -0.1) is 0 Å². The van der Waals surface area contributed by atoms with E-state index in [1.807, 2.05) is 30.3 Å². The van der Waals surface area contributed by atoms with Crippen molar-refractivity contribution < 1.29 is 14.6 Å². The topological polar surface area (TPSA) is 58.6 Å². The number of ether oxygens (including phenoxy) is 1. The van der Waals surface area contributed by atoms with Crippen molar-refractivity contribution in [2.24, 2.45) is 0 Å². The van der Waals surface area contributed by atoms with Gasteiger partial charge in [-0.1, -0.05) is 30.3 Å². The highest BCUT2D eigenvalue weighted by molar-refractivity contribution is 5.76. The predicted octanol–water partition coefficient (Wildman–Crippen LogP) is 2.65. The minimum absolute atomic E-state index is 0.0333. The fourth-order valence-electron chi connectivity index (χ4n) is 1.99. The maximum Gasteiger partial charge on any atom is 0.220 e. The molecule has 0 aliphatic heterocycles. The van der Waals surface area contributed by atoms with Crippen LogP contribution in [-0.4, -0.2) is 18.1 Å². The van der Waals surface area contributed by atoms with Gasteiger partial charge < -0.3 is 15.2 Å². The molecule has 4 heteroatoms. The molecular weight excluding hydrogens is 266 g/mol. The summed E-state index contributed by atoms with van der Waals surface area (Å²) in [5, 5.41) is 12.4. The van der Waals surface area contributed by atoms with Crippen LogP contribution in [0.15, 0.2) is 48.5 Å². The first-order valence-electron chi connectivity index (χ1n) is 6.85. The molecule has 110 valence electrons. The van der Waals surface area contributed by atoms with E-state index in [9.17, 15) is 9.90 Å². The summed E-state index contributed by atoms with van der Waals surface area (Å²) in [5.41, 5.74) is 1.81. The van der Waals surface area contributed by atoms with Crippen LogP contribution >= 0.6 is 0 Å². The molecule has 0 atom stereocenters. The zero-order valence-electron chi connectivity index (χ0n) is 12.0. The average molecular weight is 285 g/mol. The van der Waals surface area contributed by atoms with Crippen molar-refractivity contribution in [3.8, 4) is 11.5 Å². The van der Waals surface area contributed by atoms with E-state index in [4.69, 9.17) is 4.74 Å². The summed E-state index contributed by atoms with van der Waals surface area (Å²) in [4.78, 5) is 11.8. The zero-order chi connectivity index (χ0) is 15.1. The number of hydrogen-bond acceptors (Lipinski definition) is 3. The van der Waals surface area contributed by atoms with Gasteiger partial charge in [-0.25, -0.2) is 0 Å². The highest BCUT2D eigenvalue weighted by Gasteiger charge is 2.04. The van der Waals surface area contributed by atoms with E-state index in [2.05, 4.69) is 5.32 Å². The molecule has 0 bridgehead atoms. The first kappa shape index (κ1) is 14.9. The van der Waals surface area contributed by atoms with Gasteiger partial charge in [0.2, 0.25) is 5.91 Å². The molecule has 0 unspecified atom stereocenters. The molecule has 0 radical (unpaired) electrons. The summed E-state index contributed by atoms with van der Waals surface area (Å²) < 4.78 is 5.09. The Hall–Kier alpha value is -2.49. The number of hydrogen-bond donors (Lipinski definition) is 2. The number of phenols is 1. The molecule has 1 amide bonds. The molecule has 4 nitrogen and oxygen atoms in total. The second kappa shape index (κ2) is 7.33. The molecule has 0 saturated carbocycles. The number of rotatable bonds is 6.